The van der Waals surface area contributed by atoms with Gasteiger partial charge in [0.15, 0.2) is 5.96 Å². The van der Waals surface area contributed by atoms with Crippen LogP contribution in [0.1, 0.15) is 24.5 Å². The molecule has 28 heavy (non-hydrogen) atoms. The third kappa shape index (κ3) is 8.60. The van der Waals surface area contributed by atoms with Gasteiger partial charge in [-0.3, -0.25) is 4.99 Å². The number of rotatable bonds is 7. The fourth-order valence-corrected chi connectivity index (χ4v) is 3.54. The zero-order valence-electron chi connectivity index (χ0n) is 16.9. The molecule has 0 aliphatic heterocycles. The van der Waals surface area contributed by atoms with Gasteiger partial charge < -0.3 is 10.6 Å². The smallest absolute Gasteiger partial charge is 0.191 e. The third-order valence-electron chi connectivity index (χ3n) is 4.27. The number of hydrogen-bond acceptors (Lipinski definition) is 3. The van der Waals surface area contributed by atoms with Crippen molar-refractivity contribution < 1.29 is 8.42 Å². The maximum Gasteiger partial charge on any atom is 0.191 e. The van der Waals surface area contributed by atoms with E-state index in [9.17, 15) is 8.42 Å². The number of aryl methyl sites for hydroxylation is 1. The molecule has 0 spiro atoms. The molecule has 1 atom stereocenters. The third-order valence-corrected chi connectivity index (χ3v) is 5.24. The maximum absolute atomic E-state index is 11.3. The van der Waals surface area contributed by atoms with Gasteiger partial charge >= 0.3 is 0 Å². The second kappa shape index (κ2) is 11.4. The second-order valence-electron chi connectivity index (χ2n) is 6.96. The highest BCUT2D eigenvalue weighted by atomic mass is 127. The van der Waals surface area contributed by atoms with Crippen molar-refractivity contribution in [3.63, 3.8) is 0 Å². The molecule has 0 aromatic heterocycles. The van der Waals surface area contributed by atoms with Crippen molar-refractivity contribution in [1.29, 1.82) is 0 Å². The Labute approximate surface area is 186 Å². The van der Waals surface area contributed by atoms with E-state index in [4.69, 9.17) is 0 Å². The lowest BCUT2D eigenvalue weighted by Gasteiger charge is -2.18. The molecule has 0 bridgehead atoms. The largest absolute Gasteiger partial charge is 0.354 e. The first-order valence-electron chi connectivity index (χ1n) is 9.08. The number of aliphatic imine (C=N–C) groups is 1. The van der Waals surface area contributed by atoms with E-state index in [0.717, 1.165) is 5.56 Å². The zero-order valence-corrected chi connectivity index (χ0v) is 20.0. The molecule has 7 heteroatoms. The fourth-order valence-electron chi connectivity index (χ4n) is 2.76. The van der Waals surface area contributed by atoms with Crippen LogP contribution in [0.2, 0.25) is 0 Å². The normalized spacial score (nSPS) is 12.8. The highest BCUT2D eigenvalue weighted by Crippen LogP contribution is 2.21. The molecule has 2 N–H and O–H groups in total. The number of benzene rings is 2. The van der Waals surface area contributed by atoms with Gasteiger partial charge in [-0.1, -0.05) is 48.0 Å². The van der Waals surface area contributed by atoms with E-state index in [2.05, 4.69) is 71.1 Å². The highest BCUT2D eigenvalue weighted by Gasteiger charge is 2.09. The predicted molar refractivity (Wildman–Crippen MR) is 129 cm³/mol. The number of halogens is 1. The quantitative estimate of drug-likeness (QED) is 0.335. The van der Waals surface area contributed by atoms with Crippen LogP contribution in [-0.4, -0.2) is 39.5 Å². The van der Waals surface area contributed by atoms with E-state index in [1.807, 2.05) is 6.92 Å². The molecule has 0 amide bonds. The monoisotopic (exact) mass is 515 g/mol. The minimum absolute atomic E-state index is 0. The molecule has 5 nitrogen and oxygen atoms in total. The number of sulfone groups is 1. The summed E-state index contributed by atoms with van der Waals surface area (Å²) in [4.78, 5) is 4.22. The molecule has 1 unspecified atom stereocenters. The van der Waals surface area contributed by atoms with E-state index in [1.54, 1.807) is 7.05 Å². The van der Waals surface area contributed by atoms with Crippen molar-refractivity contribution in [1.82, 2.24) is 10.6 Å². The molecular weight excluding hydrogens is 485 g/mol. The standard InChI is InChI=1S/C21H29N3O2S.HI/c1-16-7-5-9-19(13-16)20-10-6-8-18(14-20)15-23-21(22-3)24-17(2)11-12-27(4,25)26;/h5-10,13-14,17H,11-12,15H2,1-4H3,(H2,22,23,24);1H. The van der Waals surface area contributed by atoms with Gasteiger partial charge in [-0.05, 0) is 43.0 Å². The SMILES string of the molecule is CN=C(NCc1cccc(-c2cccc(C)c2)c1)NC(C)CCS(C)(=O)=O.I. The lowest BCUT2D eigenvalue weighted by Crippen LogP contribution is -2.42. The molecule has 2 rings (SSSR count). The first-order chi connectivity index (χ1) is 12.8. The minimum atomic E-state index is -2.95. The maximum atomic E-state index is 11.3. The topological polar surface area (TPSA) is 70.6 Å². The first kappa shape index (κ1) is 24.4. The molecular formula is C21H30IN3O2S. The van der Waals surface area contributed by atoms with Gasteiger partial charge in [0.2, 0.25) is 0 Å². The molecule has 0 heterocycles. The van der Waals surface area contributed by atoms with Gasteiger partial charge in [-0.15, -0.1) is 24.0 Å². The Morgan fingerprint density at radius 2 is 1.75 bits per heavy atom. The van der Waals surface area contributed by atoms with Crippen LogP contribution >= 0.6 is 24.0 Å². The Hall–Kier alpha value is -1.61. The average molecular weight is 515 g/mol. The summed E-state index contributed by atoms with van der Waals surface area (Å²) in [6, 6.07) is 16.9. The van der Waals surface area contributed by atoms with Crippen LogP contribution in [0.25, 0.3) is 11.1 Å². The summed E-state index contributed by atoms with van der Waals surface area (Å²) in [5, 5.41) is 6.53. The lowest BCUT2D eigenvalue weighted by atomic mass is 10.0. The van der Waals surface area contributed by atoms with Crippen molar-refractivity contribution in [2.24, 2.45) is 4.99 Å². The summed E-state index contributed by atoms with van der Waals surface area (Å²) >= 11 is 0. The van der Waals surface area contributed by atoms with Crippen molar-refractivity contribution >= 4 is 39.8 Å². The van der Waals surface area contributed by atoms with Gasteiger partial charge in [0.05, 0.1) is 5.75 Å². The van der Waals surface area contributed by atoms with Gasteiger partial charge in [0.1, 0.15) is 9.84 Å². The number of nitrogens with zero attached hydrogens (tertiary/aromatic N) is 1. The Morgan fingerprint density at radius 3 is 2.36 bits per heavy atom. The van der Waals surface area contributed by atoms with Crippen LogP contribution in [0.3, 0.4) is 0 Å². The summed E-state index contributed by atoms with van der Waals surface area (Å²) < 4.78 is 22.6. The highest BCUT2D eigenvalue weighted by molar-refractivity contribution is 14.0. The van der Waals surface area contributed by atoms with E-state index >= 15 is 0 Å². The van der Waals surface area contributed by atoms with Crippen LogP contribution in [0.15, 0.2) is 53.5 Å². The zero-order chi connectivity index (χ0) is 19.9. The number of hydrogen-bond donors (Lipinski definition) is 2. The van der Waals surface area contributed by atoms with Crippen molar-refractivity contribution in [2.75, 3.05) is 19.1 Å². The molecule has 0 fully saturated rings. The molecule has 0 aliphatic rings. The van der Waals surface area contributed by atoms with E-state index in [1.165, 1.54) is 22.9 Å². The average Bonchev–Trinajstić information content (AvgIpc) is 2.63. The summed E-state index contributed by atoms with van der Waals surface area (Å²) in [5.41, 5.74) is 4.78. The van der Waals surface area contributed by atoms with Gasteiger partial charge in [-0.2, -0.15) is 0 Å². The minimum Gasteiger partial charge on any atom is -0.354 e. The molecule has 2 aromatic carbocycles. The Morgan fingerprint density at radius 1 is 1.11 bits per heavy atom. The summed E-state index contributed by atoms with van der Waals surface area (Å²) in [5.74, 6) is 0.827. The number of guanidine groups is 1. The summed E-state index contributed by atoms with van der Waals surface area (Å²) in [6.07, 6.45) is 1.80. The van der Waals surface area contributed by atoms with Crippen LogP contribution in [0.5, 0.6) is 0 Å². The fraction of sp³-hybridized carbons (Fsp3) is 0.381. The predicted octanol–water partition coefficient (Wildman–Crippen LogP) is 3.77. The first-order valence-corrected chi connectivity index (χ1v) is 11.1. The van der Waals surface area contributed by atoms with Gasteiger partial charge in [0.25, 0.3) is 0 Å². The molecule has 0 saturated carbocycles. The Kier molecular flexibility index (Phi) is 9.95. The summed E-state index contributed by atoms with van der Waals surface area (Å²) in [6.45, 7) is 4.68. The second-order valence-corrected chi connectivity index (χ2v) is 9.22. The van der Waals surface area contributed by atoms with Crippen LogP contribution in [-0.2, 0) is 16.4 Å². The van der Waals surface area contributed by atoms with E-state index in [-0.39, 0.29) is 35.8 Å². The van der Waals surface area contributed by atoms with Gasteiger partial charge in [0, 0.05) is 25.9 Å². The molecule has 2 aromatic rings. The Bertz CT molecular complexity index is 898. The van der Waals surface area contributed by atoms with E-state index in [0.29, 0.717) is 18.9 Å². The lowest BCUT2D eigenvalue weighted by molar-refractivity contribution is 0.581. The van der Waals surface area contributed by atoms with Gasteiger partial charge in [-0.25, -0.2) is 8.42 Å². The molecule has 154 valence electrons. The van der Waals surface area contributed by atoms with Crippen LogP contribution in [0.4, 0.5) is 0 Å². The van der Waals surface area contributed by atoms with E-state index < -0.39 is 9.84 Å². The van der Waals surface area contributed by atoms with Crippen molar-refractivity contribution in [2.45, 2.75) is 32.9 Å². The molecule has 0 radical (unpaired) electrons. The molecule has 0 aliphatic carbocycles. The van der Waals surface area contributed by atoms with Crippen molar-refractivity contribution in [3.05, 3.63) is 59.7 Å². The summed E-state index contributed by atoms with van der Waals surface area (Å²) in [7, 11) is -1.24. The van der Waals surface area contributed by atoms with Crippen molar-refractivity contribution in [3.8, 4) is 11.1 Å². The molecule has 0 saturated heterocycles. The van der Waals surface area contributed by atoms with Crippen LogP contribution < -0.4 is 10.6 Å². The number of nitrogens with one attached hydrogen (secondary N) is 2. The van der Waals surface area contributed by atoms with Crippen LogP contribution in [0, 0.1) is 6.92 Å². The Balaban J connectivity index is 0.00000392.